The maximum atomic E-state index is 13.6. The molecule has 0 N–H and O–H groups in total. The zero-order chi connectivity index (χ0) is 26.7. The lowest BCUT2D eigenvalue weighted by Crippen LogP contribution is -2.21. The number of aromatic nitrogens is 2. The Hall–Kier alpha value is -4.53. The van der Waals surface area contributed by atoms with Crippen LogP contribution in [0.2, 0.25) is 0 Å². The number of nitrogens with zero attached hydrogens (tertiary/aromatic N) is 4. The van der Waals surface area contributed by atoms with Gasteiger partial charge in [-0.05, 0) is 61.2 Å². The van der Waals surface area contributed by atoms with Crippen molar-refractivity contribution in [3.8, 4) is 22.9 Å². The molecule has 9 nitrogen and oxygen atoms in total. The quantitative estimate of drug-likeness (QED) is 0.175. The number of nitro groups is 1. The molecule has 190 valence electrons. The van der Waals surface area contributed by atoms with Gasteiger partial charge in [-0.25, -0.2) is 4.98 Å². The maximum absolute atomic E-state index is 13.6. The van der Waals surface area contributed by atoms with Crippen molar-refractivity contribution in [2.75, 3.05) is 13.7 Å². The largest absolute Gasteiger partial charge is 0.494 e. The first-order valence-corrected chi connectivity index (χ1v) is 11.9. The Labute approximate surface area is 214 Å². The van der Waals surface area contributed by atoms with Gasteiger partial charge < -0.3 is 9.47 Å². The summed E-state index contributed by atoms with van der Waals surface area (Å²) in [6, 6.07) is 15.5. The minimum absolute atomic E-state index is 0.0546. The van der Waals surface area contributed by atoms with E-state index >= 15 is 0 Å². The first-order chi connectivity index (χ1) is 17.8. The first kappa shape index (κ1) is 25.6. The zero-order valence-corrected chi connectivity index (χ0v) is 21.4. The molecule has 0 saturated heterocycles. The van der Waals surface area contributed by atoms with Crippen LogP contribution in [0.25, 0.3) is 22.3 Å². The van der Waals surface area contributed by atoms with Gasteiger partial charge in [0, 0.05) is 17.2 Å². The van der Waals surface area contributed by atoms with Gasteiger partial charge in [-0.1, -0.05) is 32.0 Å². The Morgan fingerprint density at radius 1 is 1.16 bits per heavy atom. The number of hydrogen-bond acceptors (Lipinski definition) is 7. The molecule has 0 unspecified atom stereocenters. The lowest BCUT2D eigenvalue weighted by molar-refractivity contribution is -0.385. The van der Waals surface area contributed by atoms with Gasteiger partial charge in [0.1, 0.15) is 5.75 Å². The van der Waals surface area contributed by atoms with Crippen LogP contribution in [0, 0.1) is 17.0 Å². The fourth-order valence-corrected chi connectivity index (χ4v) is 4.21. The number of aryl methyl sites for hydroxylation is 1. The van der Waals surface area contributed by atoms with Crippen LogP contribution in [-0.2, 0) is 0 Å². The van der Waals surface area contributed by atoms with E-state index in [0.717, 1.165) is 22.4 Å². The summed E-state index contributed by atoms with van der Waals surface area (Å²) in [5.74, 6) is 1.36. The number of ether oxygens (including phenoxy) is 2. The summed E-state index contributed by atoms with van der Waals surface area (Å²) in [7, 11) is 1.35. The molecule has 0 fully saturated rings. The molecule has 0 radical (unpaired) electrons. The van der Waals surface area contributed by atoms with Crippen molar-refractivity contribution in [2.24, 2.45) is 5.10 Å². The highest BCUT2D eigenvalue weighted by atomic mass is 16.6. The summed E-state index contributed by atoms with van der Waals surface area (Å²) in [6.45, 7) is 8.55. The maximum Gasteiger partial charge on any atom is 0.311 e. The molecule has 0 amide bonds. The van der Waals surface area contributed by atoms with Gasteiger partial charge in [0.05, 0.1) is 35.8 Å². The van der Waals surface area contributed by atoms with E-state index in [9.17, 15) is 14.9 Å². The van der Waals surface area contributed by atoms with Gasteiger partial charge in [0.25, 0.3) is 5.56 Å². The summed E-state index contributed by atoms with van der Waals surface area (Å²) >= 11 is 0. The lowest BCUT2D eigenvalue weighted by atomic mass is 9.96. The Morgan fingerprint density at radius 3 is 2.59 bits per heavy atom. The van der Waals surface area contributed by atoms with Gasteiger partial charge in [-0.2, -0.15) is 9.78 Å². The second kappa shape index (κ2) is 10.6. The fraction of sp³-hybridized carbons (Fsp3) is 0.250. The highest BCUT2D eigenvalue weighted by molar-refractivity contribution is 5.86. The average molecular weight is 501 g/mol. The van der Waals surface area contributed by atoms with Crippen molar-refractivity contribution in [2.45, 2.75) is 33.6 Å². The molecule has 0 aliphatic rings. The van der Waals surface area contributed by atoms with Gasteiger partial charge in [-0.3, -0.25) is 14.9 Å². The molecule has 1 heterocycles. The van der Waals surface area contributed by atoms with Crippen molar-refractivity contribution < 1.29 is 14.4 Å². The van der Waals surface area contributed by atoms with Gasteiger partial charge in [0.15, 0.2) is 5.82 Å². The Bertz CT molecular complexity index is 1570. The third-order valence-corrected chi connectivity index (χ3v) is 6.01. The van der Waals surface area contributed by atoms with Crippen LogP contribution in [0.15, 0.2) is 64.5 Å². The normalized spacial score (nSPS) is 11.4. The molecule has 3 aromatic carbocycles. The fourth-order valence-electron chi connectivity index (χ4n) is 4.21. The molecule has 37 heavy (non-hydrogen) atoms. The van der Waals surface area contributed by atoms with Gasteiger partial charge >= 0.3 is 5.69 Å². The molecular formula is C28H28N4O5. The molecule has 0 aliphatic heterocycles. The van der Waals surface area contributed by atoms with E-state index in [0.29, 0.717) is 28.9 Å². The first-order valence-electron chi connectivity index (χ1n) is 11.9. The lowest BCUT2D eigenvalue weighted by Gasteiger charge is -2.18. The minimum Gasteiger partial charge on any atom is -0.494 e. The van der Waals surface area contributed by atoms with Crippen molar-refractivity contribution in [1.82, 2.24) is 9.66 Å². The monoisotopic (exact) mass is 500 g/mol. The van der Waals surface area contributed by atoms with Crippen LogP contribution < -0.4 is 15.0 Å². The number of para-hydroxylation sites is 2. The summed E-state index contributed by atoms with van der Waals surface area (Å²) in [5, 5.41) is 16.3. The van der Waals surface area contributed by atoms with Crippen LogP contribution in [0.3, 0.4) is 0 Å². The number of benzene rings is 3. The predicted molar refractivity (Wildman–Crippen MR) is 144 cm³/mol. The molecule has 4 rings (SSSR count). The Kier molecular flexibility index (Phi) is 7.33. The van der Waals surface area contributed by atoms with Crippen LogP contribution in [0.4, 0.5) is 5.69 Å². The molecule has 0 aliphatic carbocycles. The van der Waals surface area contributed by atoms with Crippen molar-refractivity contribution >= 4 is 22.8 Å². The summed E-state index contributed by atoms with van der Waals surface area (Å²) in [5.41, 5.74) is 2.93. The minimum atomic E-state index is -0.526. The standard InChI is InChI=1S/C28H28N4O5/c1-6-37-25-14-18(4)22(15-21(25)17(2)3)27-30-23-12-8-7-11-20(23)28(33)31(27)29-16-19-10-9-13-24(32(34)35)26(19)36-5/h7-17H,6H2,1-5H3. The van der Waals surface area contributed by atoms with E-state index in [2.05, 4.69) is 18.9 Å². The molecule has 0 saturated carbocycles. The highest BCUT2D eigenvalue weighted by Gasteiger charge is 2.20. The van der Waals surface area contributed by atoms with Crippen molar-refractivity contribution in [1.29, 1.82) is 0 Å². The number of nitro benzene ring substituents is 1. The van der Waals surface area contributed by atoms with Gasteiger partial charge in [0.2, 0.25) is 5.75 Å². The van der Waals surface area contributed by atoms with E-state index in [-0.39, 0.29) is 22.9 Å². The van der Waals surface area contributed by atoms with E-state index in [1.165, 1.54) is 30.1 Å². The van der Waals surface area contributed by atoms with Crippen LogP contribution in [0.5, 0.6) is 11.5 Å². The molecule has 0 atom stereocenters. The molecule has 0 bridgehead atoms. The Morgan fingerprint density at radius 2 is 1.92 bits per heavy atom. The van der Waals surface area contributed by atoms with E-state index < -0.39 is 4.92 Å². The summed E-state index contributed by atoms with van der Waals surface area (Å²) in [4.78, 5) is 29.4. The number of methoxy groups -OCH3 is 1. The predicted octanol–water partition coefficient (Wildman–Crippen LogP) is 5.69. The average Bonchev–Trinajstić information content (AvgIpc) is 2.88. The van der Waals surface area contributed by atoms with E-state index in [4.69, 9.17) is 14.5 Å². The molecule has 4 aromatic rings. The third kappa shape index (κ3) is 4.93. The topological polar surface area (TPSA) is 109 Å². The summed E-state index contributed by atoms with van der Waals surface area (Å²) in [6.07, 6.45) is 1.38. The third-order valence-electron chi connectivity index (χ3n) is 6.01. The summed E-state index contributed by atoms with van der Waals surface area (Å²) < 4.78 is 12.4. The SMILES string of the molecule is CCOc1cc(C)c(-c2nc3ccccc3c(=O)n2N=Cc2cccc([N+](=O)[O-])c2OC)cc1C(C)C. The van der Waals surface area contributed by atoms with E-state index in [1.54, 1.807) is 24.3 Å². The van der Waals surface area contributed by atoms with Crippen LogP contribution in [0.1, 0.15) is 43.4 Å². The van der Waals surface area contributed by atoms with Crippen molar-refractivity contribution in [3.63, 3.8) is 0 Å². The van der Waals surface area contributed by atoms with Crippen molar-refractivity contribution in [3.05, 3.63) is 91.8 Å². The number of rotatable bonds is 8. The van der Waals surface area contributed by atoms with Crippen LogP contribution in [-0.4, -0.2) is 34.5 Å². The second-order valence-corrected chi connectivity index (χ2v) is 8.76. The second-order valence-electron chi connectivity index (χ2n) is 8.76. The smallest absolute Gasteiger partial charge is 0.311 e. The molecule has 0 spiro atoms. The number of fused-ring (bicyclic) bond motifs is 1. The van der Waals surface area contributed by atoms with E-state index in [1.807, 2.05) is 32.0 Å². The highest BCUT2D eigenvalue weighted by Crippen LogP contribution is 2.34. The van der Waals surface area contributed by atoms with Crippen LogP contribution >= 0.6 is 0 Å². The molecule has 1 aromatic heterocycles. The number of hydrogen-bond donors (Lipinski definition) is 0. The Balaban J connectivity index is 1.99. The van der Waals surface area contributed by atoms with Gasteiger partial charge in [-0.15, -0.1) is 0 Å². The molecule has 9 heteroatoms. The molecular weight excluding hydrogens is 472 g/mol. The zero-order valence-electron chi connectivity index (χ0n) is 21.4.